The second-order valence-electron chi connectivity index (χ2n) is 24.2. The van der Waals surface area contributed by atoms with Crippen molar-refractivity contribution in [3.05, 3.63) is 370 Å². The van der Waals surface area contributed by atoms with Crippen molar-refractivity contribution in [3.8, 4) is 55.6 Å². The van der Waals surface area contributed by atoms with Crippen molar-refractivity contribution in [2.75, 3.05) is 0 Å². The normalized spacial score (nSPS) is 13.5. The van der Waals surface area contributed by atoms with Crippen molar-refractivity contribution in [1.82, 2.24) is 0 Å². The van der Waals surface area contributed by atoms with Gasteiger partial charge in [-0.2, -0.15) is 0 Å². The van der Waals surface area contributed by atoms with E-state index in [1.807, 2.05) is 0 Å². The molecule has 0 radical (unpaired) electrons. The van der Waals surface area contributed by atoms with E-state index in [1.54, 1.807) is 0 Å². The molecular weight excluding hydrogens is 1070 g/mol. The highest BCUT2D eigenvalue weighted by Gasteiger charge is 2.46. The molecule has 12 aromatic carbocycles. The first-order chi connectivity index (χ1) is 43.4. The number of hydrogen-bond acceptors (Lipinski definition) is 0. The summed E-state index contributed by atoms with van der Waals surface area (Å²) in [5.41, 5.74) is 36.0. The van der Waals surface area contributed by atoms with Gasteiger partial charge in [-0.05, 0) is 259 Å². The lowest BCUT2D eigenvalue weighted by molar-refractivity contribution is 0.770. The molecule has 0 unspecified atom stereocenters. The van der Waals surface area contributed by atoms with E-state index >= 15 is 0 Å². The van der Waals surface area contributed by atoms with Crippen molar-refractivity contribution in [2.45, 2.75) is 60.8 Å². The van der Waals surface area contributed by atoms with E-state index in [1.165, 1.54) is 145 Å². The summed E-state index contributed by atoms with van der Waals surface area (Å²) >= 11 is 0. The molecule has 0 N–H and O–H groups in total. The van der Waals surface area contributed by atoms with Crippen molar-refractivity contribution < 1.29 is 0 Å². The molecule has 0 heterocycles. The van der Waals surface area contributed by atoms with Gasteiger partial charge in [-0.1, -0.05) is 267 Å². The fraction of sp³-hybridized carbons (Fsp3) is 0.101. The number of hydrogen-bond donors (Lipinski definition) is 0. The summed E-state index contributed by atoms with van der Waals surface area (Å²) in [5.74, 6) is 0. The summed E-state index contributed by atoms with van der Waals surface area (Å²) in [6, 6.07) is 113. The Morgan fingerprint density at radius 1 is 0.180 bits per heavy atom. The predicted octanol–water partition coefficient (Wildman–Crippen LogP) is 24.5. The average Bonchev–Trinajstić information content (AvgIpc) is 1.57. The second-order valence-corrected chi connectivity index (χ2v) is 24.2. The van der Waals surface area contributed by atoms with Gasteiger partial charge >= 0.3 is 0 Å². The Hall–Kier alpha value is -10.4. The average molecular weight is 1140 g/mol. The number of benzene rings is 12. The molecular formula is C89H74. The van der Waals surface area contributed by atoms with Crippen LogP contribution in [0, 0.1) is 0 Å². The molecule has 0 aliphatic heterocycles. The maximum atomic E-state index is 2.50. The van der Waals surface area contributed by atoms with Crippen molar-refractivity contribution in [3.63, 3.8) is 0 Å². The van der Waals surface area contributed by atoms with Gasteiger partial charge in [0.05, 0.1) is 5.41 Å². The summed E-state index contributed by atoms with van der Waals surface area (Å²) < 4.78 is 0. The molecule has 0 amide bonds. The second kappa shape index (κ2) is 24.8. The smallest absolute Gasteiger partial charge is 0.0622 e. The minimum Gasteiger partial charge on any atom is -0.0622 e. The highest BCUT2D eigenvalue weighted by molar-refractivity contribution is 5.95. The minimum absolute atomic E-state index is 0.751. The lowest BCUT2D eigenvalue weighted by atomic mass is 9.66. The molecule has 13 rings (SSSR count). The van der Waals surface area contributed by atoms with Crippen LogP contribution >= 0.6 is 0 Å². The predicted molar refractivity (Wildman–Crippen MR) is 384 cm³/mol. The highest BCUT2D eigenvalue weighted by atomic mass is 14.5. The van der Waals surface area contributed by atoms with Crippen LogP contribution in [0.5, 0.6) is 0 Å². The molecule has 0 saturated heterocycles. The summed E-state index contributed by atoms with van der Waals surface area (Å²) in [7, 11) is 0. The third kappa shape index (κ3) is 11.1. The lowest BCUT2D eigenvalue weighted by Gasteiger charge is -2.35. The maximum absolute atomic E-state index is 2.50. The van der Waals surface area contributed by atoms with Gasteiger partial charge in [0.15, 0.2) is 0 Å². The molecule has 0 fully saturated rings. The van der Waals surface area contributed by atoms with E-state index in [9.17, 15) is 0 Å². The molecule has 0 nitrogen and oxygen atoms in total. The molecule has 0 heteroatoms. The van der Waals surface area contributed by atoms with E-state index in [0.717, 1.165) is 22.3 Å². The summed E-state index contributed by atoms with van der Waals surface area (Å²) in [5, 5.41) is 0. The van der Waals surface area contributed by atoms with Crippen LogP contribution in [-0.4, -0.2) is 0 Å². The standard InChI is InChI=1S/C89H74/c1-59(67-25-13-9-14-26-67)63(5)71-37-45-75(46-38-71)79-53-80(76-47-39-72(40-48-76)64(6)60(2)68-27-15-10-16-28-68)56-83(55-79)89(87-35-23-21-33-85(87)86-34-22-24-36-88(86)89)84-57-81(77-49-41-73(42-50-77)65(7)61(3)69-29-17-11-18-30-69)54-82(58-84)78-51-43-74(44-52-78)66(8)62(4)70-31-19-12-20-32-70/h9-58H,1-8H3. The minimum atomic E-state index is -0.751. The molecule has 0 aromatic heterocycles. The van der Waals surface area contributed by atoms with Gasteiger partial charge in [-0.15, -0.1) is 0 Å². The van der Waals surface area contributed by atoms with Crippen LogP contribution in [0.3, 0.4) is 0 Å². The van der Waals surface area contributed by atoms with Crippen LogP contribution in [0.4, 0.5) is 0 Å². The maximum Gasteiger partial charge on any atom is 0.0714 e. The fourth-order valence-corrected chi connectivity index (χ4v) is 13.5. The molecule has 0 atom stereocenters. The van der Waals surface area contributed by atoms with E-state index in [2.05, 4.69) is 359 Å². The molecule has 1 aliphatic rings. The van der Waals surface area contributed by atoms with E-state index in [4.69, 9.17) is 0 Å². The quantitative estimate of drug-likeness (QED) is 0.0952. The first-order valence-corrected chi connectivity index (χ1v) is 31.3. The van der Waals surface area contributed by atoms with Crippen LogP contribution in [0.15, 0.2) is 303 Å². The zero-order valence-electron chi connectivity index (χ0n) is 52.4. The van der Waals surface area contributed by atoms with Gasteiger partial charge < -0.3 is 0 Å². The Morgan fingerprint density at radius 2 is 0.371 bits per heavy atom. The number of fused-ring (bicyclic) bond motifs is 3. The van der Waals surface area contributed by atoms with Crippen LogP contribution in [0.25, 0.3) is 100 Å². The SMILES string of the molecule is CC(=C(C)c1ccc(-c2cc(-c3ccc(C(C)=C(C)c4ccccc4)cc3)cc(C3(c4cc(-c5ccc(C(C)=C(C)c6ccccc6)cc5)cc(-c5ccc(C(C)=C(C)c6ccccc6)cc5)c4)c4ccccc4-c4ccccc43)c2)cc1)c1ccccc1. The fourth-order valence-electron chi connectivity index (χ4n) is 13.5. The van der Waals surface area contributed by atoms with Gasteiger partial charge in [-0.25, -0.2) is 0 Å². The largest absolute Gasteiger partial charge is 0.0714 e. The Balaban J connectivity index is 1.04. The molecule has 430 valence electrons. The van der Waals surface area contributed by atoms with Crippen molar-refractivity contribution in [1.29, 1.82) is 0 Å². The van der Waals surface area contributed by atoms with Crippen LogP contribution in [0.1, 0.15) is 122 Å². The monoisotopic (exact) mass is 1140 g/mol. The van der Waals surface area contributed by atoms with Crippen LogP contribution in [-0.2, 0) is 5.41 Å². The molecule has 89 heavy (non-hydrogen) atoms. The van der Waals surface area contributed by atoms with Crippen molar-refractivity contribution >= 4 is 44.6 Å². The number of allylic oxidation sites excluding steroid dienone is 8. The van der Waals surface area contributed by atoms with Crippen molar-refractivity contribution in [2.24, 2.45) is 0 Å². The Labute approximate surface area is 527 Å². The number of rotatable bonds is 14. The summed E-state index contributed by atoms with van der Waals surface area (Å²) in [4.78, 5) is 0. The van der Waals surface area contributed by atoms with Gasteiger partial charge in [-0.3, -0.25) is 0 Å². The first-order valence-electron chi connectivity index (χ1n) is 31.3. The van der Waals surface area contributed by atoms with Gasteiger partial charge in [0.1, 0.15) is 0 Å². The van der Waals surface area contributed by atoms with Crippen LogP contribution < -0.4 is 0 Å². The molecule has 0 spiro atoms. The highest BCUT2D eigenvalue weighted by Crippen LogP contribution is 2.58. The Bertz CT molecular complexity index is 4130. The molecule has 1 aliphatic carbocycles. The van der Waals surface area contributed by atoms with Gasteiger partial charge in [0.2, 0.25) is 0 Å². The molecule has 0 saturated carbocycles. The molecule has 12 aromatic rings. The lowest BCUT2D eigenvalue weighted by Crippen LogP contribution is -2.29. The van der Waals surface area contributed by atoms with E-state index < -0.39 is 5.41 Å². The molecule has 0 bridgehead atoms. The Morgan fingerprint density at radius 3 is 0.596 bits per heavy atom. The van der Waals surface area contributed by atoms with Gasteiger partial charge in [0.25, 0.3) is 0 Å². The van der Waals surface area contributed by atoms with Crippen LogP contribution in [0.2, 0.25) is 0 Å². The van der Waals surface area contributed by atoms with Gasteiger partial charge in [0, 0.05) is 0 Å². The topological polar surface area (TPSA) is 0 Å². The first kappa shape index (κ1) is 57.7. The third-order valence-corrected chi connectivity index (χ3v) is 19.4. The summed E-state index contributed by atoms with van der Waals surface area (Å²) in [6.45, 7) is 17.9. The zero-order valence-corrected chi connectivity index (χ0v) is 52.4. The van der Waals surface area contributed by atoms with E-state index in [0.29, 0.717) is 0 Å². The third-order valence-electron chi connectivity index (χ3n) is 19.4. The zero-order chi connectivity index (χ0) is 61.2. The summed E-state index contributed by atoms with van der Waals surface area (Å²) in [6.07, 6.45) is 0. The Kier molecular flexibility index (Phi) is 16.0. The van der Waals surface area contributed by atoms with E-state index in [-0.39, 0.29) is 0 Å².